The predicted octanol–water partition coefficient (Wildman–Crippen LogP) is 4.80. The average Bonchev–Trinajstić information content (AvgIpc) is 2.42. The quantitative estimate of drug-likeness (QED) is 0.597. The Labute approximate surface area is 131 Å². The number of hydrazine groups is 1. The van der Waals surface area contributed by atoms with Gasteiger partial charge in [0.25, 0.3) is 0 Å². The smallest absolute Gasteiger partial charge is 0.271 e. The molecule has 0 heterocycles. The van der Waals surface area contributed by atoms with Gasteiger partial charge in [-0.2, -0.15) is 13.2 Å². The highest BCUT2D eigenvalue weighted by Gasteiger charge is 2.37. The number of hydrogen-bond acceptors (Lipinski definition) is 2. The molecule has 1 aromatic carbocycles. The summed E-state index contributed by atoms with van der Waals surface area (Å²) in [6.45, 7) is 2.18. The standard InChI is InChI=1S/C15H20BrF3N2/c1-9-2-4-10(5-3-9)14(21-20)12-7-6-11(16)8-13(12)15(17,18)19/h6-10,14,21H,2-5,20H2,1H3. The zero-order valence-corrected chi connectivity index (χ0v) is 13.5. The fourth-order valence-electron chi connectivity index (χ4n) is 3.14. The summed E-state index contributed by atoms with van der Waals surface area (Å²) in [4.78, 5) is 0. The lowest BCUT2D eigenvalue weighted by atomic mass is 9.77. The van der Waals surface area contributed by atoms with Crippen LogP contribution in [0.25, 0.3) is 0 Å². The topological polar surface area (TPSA) is 38.0 Å². The molecule has 0 aromatic heterocycles. The molecular formula is C15H20BrF3N2. The van der Waals surface area contributed by atoms with Crippen LogP contribution in [-0.2, 0) is 6.18 Å². The van der Waals surface area contributed by atoms with Gasteiger partial charge in [-0.25, -0.2) is 0 Å². The molecule has 0 spiro atoms. The molecule has 0 aliphatic heterocycles. The monoisotopic (exact) mass is 364 g/mol. The number of hydrogen-bond donors (Lipinski definition) is 2. The first-order chi connectivity index (χ1) is 9.82. The minimum Gasteiger partial charge on any atom is -0.271 e. The predicted molar refractivity (Wildman–Crippen MR) is 80.3 cm³/mol. The van der Waals surface area contributed by atoms with Gasteiger partial charge in [0.15, 0.2) is 0 Å². The second kappa shape index (κ2) is 6.67. The SMILES string of the molecule is CC1CCC(C(NN)c2ccc(Br)cc2C(F)(F)F)CC1. The number of rotatable bonds is 3. The normalized spacial score (nSPS) is 24.9. The van der Waals surface area contributed by atoms with Gasteiger partial charge in [0.05, 0.1) is 5.56 Å². The Bertz CT molecular complexity index is 482. The lowest BCUT2D eigenvalue weighted by molar-refractivity contribution is -0.138. The van der Waals surface area contributed by atoms with Crippen LogP contribution in [0.5, 0.6) is 0 Å². The number of nitrogens with two attached hydrogens (primary N) is 1. The van der Waals surface area contributed by atoms with Crippen LogP contribution in [0.15, 0.2) is 22.7 Å². The molecule has 6 heteroatoms. The lowest BCUT2D eigenvalue weighted by Gasteiger charge is -2.33. The largest absolute Gasteiger partial charge is 0.416 e. The van der Waals surface area contributed by atoms with E-state index < -0.39 is 17.8 Å². The molecule has 3 N–H and O–H groups in total. The number of benzene rings is 1. The van der Waals surface area contributed by atoms with Crippen LogP contribution in [0, 0.1) is 11.8 Å². The van der Waals surface area contributed by atoms with Crippen molar-refractivity contribution in [1.82, 2.24) is 5.43 Å². The van der Waals surface area contributed by atoms with E-state index in [9.17, 15) is 13.2 Å². The fraction of sp³-hybridized carbons (Fsp3) is 0.600. The third-order valence-corrected chi connectivity index (χ3v) is 4.86. The molecule has 2 rings (SSSR count). The number of halogens is 4. The summed E-state index contributed by atoms with van der Waals surface area (Å²) in [6, 6.07) is 3.84. The van der Waals surface area contributed by atoms with Crippen LogP contribution >= 0.6 is 15.9 Å². The summed E-state index contributed by atoms with van der Waals surface area (Å²) < 4.78 is 40.2. The molecule has 2 nitrogen and oxygen atoms in total. The molecule has 1 aliphatic rings. The van der Waals surface area contributed by atoms with Crippen molar-refractivity contribution in [3.63, 3.8) is 0 Å². The first-order valence-corrected chi connectivity index (χ1v) is 7.95. The van der Waals surface area contributed by atoms with E-state index in [4.69, 9.17) is 5.84 Å². The van der Waals surface area contributed by atoms with Crippen molar-refractivity contribution in [2.75, 3.05) is 0 Å². The summed E-state index contributed by atoms with van der Waals surface area (Å²) in [6.07, 6.45) is -0.482. The van der Waals surface area contributed by atoms with Crippen molar-refractivity contribution >= 4 is 15.9 Å². The fourth-order valence-corrected chi connectivity index (χ4v) is 3.51. The summed E-state index contributed by atoms with van der Waals surface area (Å²) in [5.74, 6) is 6.38. The van der Waals surface area contributed by atoms with E-state index in [2.05, 4.69) is 28.3 Å². The summed E-state index contributed by atoms with van der Waals surface area (Å²) in [5, 5.41) is 0. The average molecular weight is 365 g/mol. The lowest BCUT2D eigenvalue weighted by Crippen LogP contribution is -2.36. The van der Waals surface area contributed by atoms with Gasteiger partial charge in [0.1, 0.15) is 0 Å². The minimum atomic E-state index is -4.38. The maximum absolute atomic E-state index is 13.3. The Morgan fingerprint density at radius 2 is 1.86 bits per heavy atom. The van der Waals surface area contributed by atoms with Gasteiger partial charge in [-0.3, -0.25) is 11.3 Å². The third kappa shape index (κ3) is 3.99. The van der Waals surface area contributed by atoms with Crippen LogP contribution in [0.3, 0.4) is 0 Å². The molecule has 0 amide bonds. The molecule has 1 aliphatic carbocycles. The molecule has 0 radical (unpaired) electrons. The second-order valence-electron chi connectivity index (χ2n) is 5.89. The molecule has 1 fully saturated rings. The van der Waals surface area contributed by atoms with Crippen LogP contribution in [-0.4, -0.2) is 0 Å². The van der Waals surface area contributed by atoms with Gasteiger partial charge in [-0.15, -0.1) is 0 Å². The van der Waals surface area contributed by atoms with E-state index in [1.54, 1.807) is 6.07 Å². The van der Waals surface area contributed by atoms with E-state index in [1.165, 1.54) is 6.07 Å². The van der Waals surface area contributed by atoms with Crippen molar-refractivity contribution in [2.24, 2.45) is 17.7 Å². The first kappa shape index (κ1) is 16.8. The third-order valence-electron chi connectivity index (χ3n) is 4.37. The summed E-state index contributed by atoms with van der Waals surface area (Å²) in [7, 11) is 0. The Kier molecular flexibility index (Phi) is 5.33. The molecule has 1 saturated carbocycles. The van der Waals surface area contributed by atoms with Crippen LogP contribution in [0.1, 0.15) is 49.8 Å². The van der Waals surface area contributed by atoms with Gasteiger partial charge in [-0.1, -0.05) is 41.8 Å². The van der Waals surface area contributed by atoms with Gasteiger partial charge in [0, 0.05) is 10.5 Å². The van der Waals surface area contributed by atoms with Gasteiger partial charge < -0.3 is 0 Å². The van der Waals surface area contributed by atoms with Crippen LogP contribution < -0.4 is 11.3 Å². The van der Waals surface area contributed by atoms with E-state index in [1.807, 2.05) is 0 Å². The Hall–Kier alpha value is -0.590. The Morgan fingerprint density at radius 1 is 1.24 bits per heavy atom. The van der Waals surface area contributed by atoms with E-state index >= 15 is 0 Å². The number of nitrogens with one attached hydrogen (secondary N) is 1. The van der Waals surface area contributed by atoms with Crippen LogP contribution in [0.4, 0.5) is 13.2 Å². The molecular weight excluding hydrogens is 345 g/mol. The van der Waals surface area contributed by atoms with Crippen molar-refractivity contribution in [2.45, 2.75) is 44.8 Å². The maximum atomic E-state index is 13.3. The van der Waals surface area contributed by atoms with E-state index in [0.29, 0.717) is 10.4 Å². The molecule has 0 saturated heterocycles. The highest BCUT2D eigenvalue weighted by Crippen LogP contribution is 2.42. The molecule has 21 heavy (non-hydrogen) atoms. The van der Waals surface area contributed by atoms with Crippen molar-refractivity contribution in [3.8, 4) is 0 Å². The zero-order chi connectivity index (χ0) is 15.6. The van der Waals surface area contributed by atoms with E-state index in [0.717, 1.165) is 31.7 Å². The van der Waals surface area contributed by atoms with Crippen molar-refractivity contribution in [3.05, 3.63) is 33.8 Å². The summed E-state index contributed by atoms with van der Waals surface area (Å²) >= 11 is 3.11. The molecule has 118 valence electrons. The molecule has 1 unspecified atom stereocenters. The van der Waals surface area contributed by atoms with E-state index in [-0.39, 0.29) is 11.5 Å². The highest BCUT2D eigenvalue weighted by atomic mass is 79.9. The maximum Gasteiger partial charge on any atom is 0.416 e. The van der Waals surface area contributed by atoms with Gasteiger partial charge >= 0.3 is 6.18 Å². The molecule has 1 atom stereocenters. The number of alkyl halides is 3. The van der Waals surface area contributed by atoms with Gasteiger partial charge in [-0.05, 0) is 42.4 Å². The Morgan fingerprint density at radius 3 is 2.38 bits per heavy atom. The Balaban J connectivity index is 2.34. The van der Waals surface area contributed by atoms with Crippen molar-refractivity contribution < 1.29 is 13.2 Å². The highest BCUT2D eigenvalue weighted by molar-refractivity contribution is 9.10. The molecule has 1 aromatic rings. The molecule has 0 bridgehead atoms. The zero-order valence-electron chi connectivity index (χ0n) is 11.9. The second-order valence-corrected chi connectivity index (χ2v) is 6.81. The minimum absolute atomic E-state index is 0.147. The first-order valence-electron chi connectivity index (χ1n) is 7.15. The summed E-state index contributed by atoms with van der Waals surface area (Å²) in [5.41, 5.74) is 2.25. The van der Waals surface area contributed by atoms with Gasteiger partial charge in [0.2, 0.25) is 0 Å². The van der Waals surface area contributed by atoms with Crippen molar-refractivity contribution in [1.29, 1.82) is 0 Å². The van der Waals surface area contributed by atoms with Crippen LogP contribution in [0.2, 0.25) is 0 Å².